The normalized spacial score (nSPS) is 12.5. The first kappa shape index (κ1) is 27.6. The summed E-state index contributed by atoms with van der Waals surface area (Å²) in [7, 11) is 0. The SMILES string of the molecule is c1ccc2cc(-n3c4ccc5oc6ccccc6c5c4c4ccc5c(c6ccccc6n5-c5ccc6c(c5)-c5cccc7cccc-6c57)c43)ccc2c1. The Morgan fingerprint density at radius 1 is 0.321 bits per heavy atom. The zero-order valence-electron chi connectivity index (χ0n) is 28.5. The Hall–Kier alpha value is -7.10. The predicted molar refractivity (Wildman–Crippen MR) is 222 cm³/mol. The summed E-state index contributed by atoms with van der Waals surface area (Å²) < 4.78 is 11.4. The molecule has 0 radical (unpaired) electrons. The van der Waals surface area contributed by atoms with Crippen molar-refractivity contribution in [1.29, 1.82) is 0 Å². The summed E-state index contributed by atoms with van der Waals surface area (Å²) in [5.74, 6) is 0. The fraction of sp³-hybridized carbons (Fsp3) is 0. The average molecular weight is 673 g/mol. The van der Waals surface area contributed by atoms with Crippen LogP contribution in [0.1, 0.15) is 0 Å². The highest BCUT2D eigenvalue weighted by Crippen LogP contribution is 2.49. The highest BCUT2D eigenvalue weighted by Gasteiger charge is 2.26. The number of benzene rings is 9. The first-order valence-corrected chi connectivity index (χ1v) is 18.3. The van der Waals surface area contributed by atoms with Gasteiger partial charge >= 0.3 is 0 Å². The molecule has 3 heterocycles. The van der Waals surface area contributed by atoms with E-state index in [1.165, 1.54) is 87.4 Å². The second kappa shape index (κ2) is 9.81. The van der Waals surface area contributed by atoms with Gasteiger partial charge in [-0.2, -0.15) is 0 Å². The Labute approximate surface area is 303 Å². The standard InChI is InChI=1S/C50H28N2O/c1-2-10-31-27-32(20-19-29(31)9-1)52-42-25-26-45-49(38-14-4-6-18-44(38)53-45)47(42)39-23-24-43-48(50(39)52)37-13-3-5-17-41(37)51(43)33-21-22-34-35-15-7-11-30-12-8-16-36(46(30)35)40(34)28-33/h1-28H. The number of furan rings is 1. The van der Waals surface area contributed by atoms with Gasteiger partial charge < -0.3 is 13.6 Å². The molecule has 0 N–H and O–H groups in total. The molecule has 1 aliphatic carbocycles. The van der Waals surface area contributed by atoms with E-state index < -0.39 is 0 Å². The molecule has 0 fully saturated rings. The molecule has 3 heteroatoms. The molecule has 12 aromatic rings. The van der Waals surface area contributed by atoms with Gasteiger partial charge in [-0.1, -0.05) is 115 Å². The third-order valence-electron chi connectivity index (χ3n) is 11.8. The lowest BCUT2D eigenvalue weighted by molar-refractivity contribution is 0.669. The molecule has 3 nitrogen and oxygen atoms in total. The minimum atomic E-state index is 0.910. The molecule has 1 aliphatic rings. The zero-order chi connectivity index (χ0) is 34.4. The van der Waals surface area contributed by atoms with Gasteiger partial charge in [0, 0.05) is 43.7 Å². The van der Waals surface area contributed by atoms with Crippen LogP contribution >= 0.6 is 0 Å². The van der Waals surface area contributed by atoms with Crippen LogP contribution in [-0.2, 0) is 0 Å². The van der Waals surface area contributed by atoms with Gasteiger partial charge in [-0.25, -0.2) is 0 Å². The van der Waals surface area contributed by atoms with Crippen LogP contribution in [0.4, 0.5) is 0 Å². The molecule has 0 aliphatic heterocycles. The first-order valence-electron chi connectivity index (χ1n) is 18.3. The van der Waals surface area contributed by atoms with Crippen molar-refractivity contribution < 1.29 is 4.42 Å². The molecule has 244 valence electrons. The van der Waals surface area contributed by atoms with Gasteiger partial charge in [0.1, 0.15) is 11.2 Å². The van der Waals surface area contributed by atoms with E-state index in [0.717, 1.165) is 33.3 Å². The summed E-state index contributed by atoms with van der Waals surface area (Å²) in [4.78, 5) is 0. The van der Waals surface area contributed by atoms with Gasteiger partial charge in [-0.05, 0) is 98.4 Å². The van der Waals surface area contributed by atoms with Crippen molar-refractivity contribution in [2.45, 2.75) is 0 Å². The molecule has 0 amide bonds. The first-order chi connectivity index (χ1) is 26.3. The number of aromatic nitrogens is 2. The molecule has 0 unspecified atom stereocenters. The second-order valence-corrected chi connectivity index (χ2v) is 14.4. The maximum Gasteiger partial charge on any atom is 0.136 e. The number of fused-ring (bicyclic) bond motifs is 15. The summed E-state index contributed by atoms with van der Waals surface area (Å²) >= 11 is 0. The van der Waals surface area contributed by atoms with Crippen LogP contribution < -0.4 is 0 Å². The van der Waals surface area contributed by atoms with Crippen molar-refractivity contribution in [2.24, 2.45) is 0 Å². The number of rotatable bonds is 2. The number of hydrogen-bond donors (Lipinski definition) is 0. The van der Waals surface area contributed by atoms with E-state index in [-0.39, 0.29) is 0 Å². The van der Waals surface area contributed by atoms with Crippen molar-refractivity contribution in [3.63, 3.8) is 0 Å². The maximum atomic E-state index is 6.47. The van der Waals surface area contributed by atoms with E-state index in [2.05, 4.69) is 179 Å². The van der Waals surface area contributed by atoms with Crippen molar-refractivity contribution in [2.75, 3.05) is 0 Å². The van der Waals surface area contributed by atoms with Gasteiger partial charge in [0.2, 0.25) is 0 Å². The minimum absolute atomic E-state index is 0.910. The average Bonchev–Trinajstić information content (AvgIpc) is 3.95. The molecule has 0 saturated carbocycles. The monoisotopic (exact) mass is 672 g/mol. The second-order valence-electron chi connectivity index (χ2n) is 14.4. The Morgan fingerprint density at radius 3 is 1.92 bits per heavy atom. The highest BCUT2D eigenvalue weighted by molar-refractivity contribution is 6.33. The van der Waals surface area contributed by atoms with E-state index in [4.69, 9.17) is 4.42 Å². The fourth-order valence-electron chi connectivity index (χ4n) is 9.64. The lowest BCUT2D eigenvalue weighted by atomic mass is 10.0. The summed E-state index contributed by atoms with van der Waals surface area (Å²) in [5, 5.41) is 12.3. The largest absolute Gasteiger partial charge is 0.456 e. The summed E-state index contributed by atoms with van der Waals surface area (Å²) in [5.41, 5.74) is 14.1. The highest BCUT2D eigenvalue weighted by atomic mass is 16.3. The van der Waals surface area contributed by atoms with Crippen molar-refractivity contribution in [3.8, 4) is 33.6 Å². The van der Waals surface area contributed by atoms with Gasteiger partial charge in [0.05, 0.1) is 22.1 Å². The van der Waals surface area contributed by atoms with Crippen molar-refractivity contribution in [3.05, 3.63) is 170 Å². The van der Waals surface area contributed by atoms with E-state index >= 15 is 0 Å². The molecule has 0 atom stereocenters. The Kier molecular flexibility index (Phi) is 5.11. The molecule has 0 bridgehead atoms. The zero-order valence-corrected chi connectivity index (χ0v) is 28.5. The summed E-state index contributed by atoms with van der Waals surface area (Å²) in [6, 6.07) is 62.3. The third-order valence-corrected chi connectivity index (χ3v) is 11.8. The minimum Gasteiger partial charge on any atom is -0.456 e. The quantitative estimate of drug-likeness (QED) is 0.179. The van der Waals surface area contributed by atoms with Gasteiger partial charge in [0.15, 0.2) is 0 Å². The third kappa shape index (κ3) is 3.49. The molecule has 0 saturated heterocycles. The van der Waals surface area contributed by atoms with Crippen molar-refractivity contribution in [1.82, 2.24) is 9.13 Å². The summed E-state index contributed by atoms with van der Waals surface area (Å²) in [6.45, 7) is 0. The van der Waals surface area contributed by atoms with E-state index in [1.807, 2.05) is 0 Å². The Bertz CT molecular complexity index is 3570. The molecule has 0 spiro atoms. The van der Waals surface area contributed by atoms with E-state index in [9.17, 15) is 0 Å². The number of para-hydroxylation sites is 2. The van der Waals surface area contributed by atoms with Crippen LogP contribution in [0.25, 0.3) is 121 Å². The van der Waals surface area contributed by atoms with Gasteiger partial charge in [0.25, 0.3) is 0 Å². The Morgan fingerprint density at radius 2 is 1.02 bits per heavy atom. The molecule has 13 rings (SSSR count). The molecular formula is C50H28N2O. The fourth-order valence-corrected chi connectivity index (χ4v) is 9.64. The van der Waals surface area contributed by atoms with Crippen LogP contribution in [-0.4, -0.2) is 9.13 Å². The van der Waals surface area contributed by atoms with Crippen LogP contribution in [0.2, 0.25) is 0 Å². The van der Waals surface area contributed by atoms with Gasteiger partial charge in [-0.3, -0.25) is 0 Å². The predicted octanol–water partition coefficient (Wildman–Crippen LogP) is 13.7. The van der Waals surface area contributed by atoms with Crippen LogP contribution in [0.3, 0.4) is 0 Å². The maximum absolute atomic E-state index is 6.47. The van der Waals surface area contributed by atoms with Crippen LogP contribution in [0.15, 0.2) is 174 Å². The smallest absolute Gasteiger partial charge is 0.136 e. The molecule has 9 aromatic carbocycles. The van der Waals surface area contributed by atoms with Crippen LogP contribution in [0, 0.1) is 0 Å². The lowest BCUT2D eigenvalue weighted by Crippen LogP contribution is -1.96. The van der Waals surface area contributed by atoms with E-state index in [1.54, 1.807) is 0 Å². The summed E-state index contributed by atoms with van der Waals surface area (Å²) in [6.07, 6.45) is 0. The lowest BCUT2D eigenvalue weighted by Gasteiger charge is -2.12. The number of nitrogens with zero attached hydrogens (tertiary/aromatic N) is 2. The Balaban J connectivity index is 1.19. The molecular weight excluding hydrogens is 645 g/mol. The molecule has 3 aromatic heterocycles. The molecule has 53 heavy (non-hydrogen) atoms. The van der Waals surface area contributed by atoms with Gasteiger partial charge in [-0.15, -0.1) is 0 Å². The van der Waals surface area contributed by atoms with Crippen molar-refractivity contribution >= 4 is 87.1 Å². The van der Waals surface area contributed by atoms with E-state index in [0.29, 0.717) is 0 Å². The number of hydrogen-bond acceptors (Lipinski definition) is 1. The van der Waals surface area contributed by atoms with Crippen LogP contribution in [0.5, 0.6) is 0 Å². The topological polar surface area (TPSA) is 23.0 Å².